The van der Waals surface area contributed by atoms with Crippen LogP contribution in [-0.2, 0) is 0 Å². The van der Waals surface area contributed by atoms with Crippen molar-refractivity contribution in [2.45, 2.75) is 0 Å². The van der Waals surface area contributed by atoms with Crippen molar-refractivity contribution in [3.63, 3.8) is 0 Å². The third kappa shape index (κ3) is 2.32. The smallest absolute Gasteiger partial charge is 0.348 e. The average molecular weight is 242 g/mol. The Bertz CT molecular complexity index is 621. The Hall–Kier alpha value is -2.36. The van der Waals surface area contributed by atoms with Gasteiger partial charge in [-0.15, -0.1) is 13.2 Å². The highest BCUT2D eigenvalue weighted by atomic mass is 16.4. The van der Waals surface area contributed by atoms with Gasteiger partial charge in [-0.25, -0.2) is 4.79 Å². The summed E-state index contributed by atoms with van der Waals surface area (Å²) in [5.41, 5.74) is 0.246. The van der Waals surface area contributed by atoms with E-state index in [9.17, 15) is 4.79 Å². The van der Waals surface area contributed by atoms with Gasteiger partial charge >= 0.3 is 11.6 Å². The molecule has 0 unspecified atom stereocenters. The second-order valence-corrected chi connectivity index (χ2v) is 3.78. The lowest BCUT2D eigenvalue weighted by atomic mass is 10.2. The molecule has 0 saturated carbocycles. The monoisotopic (exact) mass is 242 g/mol. The summed E-state index contributed by atoms with van der Waals surface area (Å²) < 4.78 is 5.22. The van der Waals surface area contributed by atoms with Crippen molar-refractivity contribution < 1.29 is 4.42 Å². The van der Waals surface area contributed by atoms with Gasteiger partial charge in [-0.3, -0.25) is 0 Å². The van der Waals surface area contributed by atoms with Gasteiger partial charge in [-0.1, -0.05) is 24.3 Å². The molecule has 18 heavy (non-hydrogen) atoms. The highest BCUT2D eigenvalue weighted by Crippen LogP contribution is 2.14. The summed E-state index contributed by atoms with van der Waals surface area (Å²) in [5, 5.41) is 0.485. The number of fused-ring (bicyclic) bond motifs is 1. The van der Waals surface area contributed by atoms with E-state index >= 15 is 0 Å². The number of aromatic nitrogens is 1. The van der Waals surface area contributed by atoms with Gasteiger partial charge in [0.2, 0.25) is 0 Å². The number of rotatable bonds is 5. The molecule has 0 fully saturated rings. The zero-order valence-electron chi connectivity index (χ0n) is 10.0. The Morgan fingerprint density at radius 3 is 2.56 bits per heavy atom. The van der Waals surface area contributed by atoms with Gasteiger partial charge in [-0.05, 0) is 12.1 Å². The van der Waals surface area contributed by atoms with Gasteiger partial charge in [0.1, 0.15) is 0 Å². The summed E-state index contributed by atoms with van der Waals surface area (Å²) in [6.07, 6.45) is 3.45. The minimum Gasteiger partial charge on any atom is -0.389 e. The maximum Gasteiger partial charge on any atom is 0.348 e. The fraction of sp³-hybridized carbons (Fsp3) is 0.143. The van der Waals surface area contributed by atoms with Crippen LogP contribution in [-0.4, -0.2) is 18.1 Å². The van der Waals surface area contributed by atoms with E-state index in [4.69, 9.17) is 4.42 Å². The number of hydrogen-bond acceptors (Lipinski definition) is 4. The first kappa shape index (κ1) is 12.1. The SMILES string of the molecule is C=CCN(CC=C)c1nc2ccccc2c(=O)o1. The Morgan fingerprint density at radius 1 is 1.22 bits per heavy atom. The summed E-state index contributed by atoms with van der Waals surface area (Å²) in [6, 6.07) is 7.40. The predicted molar refractivity (Wildman–Crippen MR) is 72.9 cm³/mol. The topological polar surface area (TPSA) is 46.3 Å². The summed E-state index contributed by atoms with van der Waals surface area (Å²) in [5.74, 6) is 0. The molecular weight excluding hydrogens is 228 g/mol. The van der Waals surface area contributed by atoms with E-state index in [-0.39, 0.29) is 5.63 Å². The van der Waals surface area contributed by atoms with Crippen LogP contribution in [0.1, 0.15) is 0 Å². The quantitative estimate of drug-likeness (QED) is 0.755. The molecule has 0 N–H and O–H groups in total. The number of para-hydroxylation sites is 1. The van der Waals surface area contributed by atoms with Crippen LogP contribution in [0, 0.1) is 0 Å². The first-order chi connectivity index (χ1) is 8.76. The lowest BCUT2D eigenvalue weighted by Gasteiger charge is -2.17. The summed E-state index contributed by atoms with van der Waals surface area (Å²) in [4.78, 5) is 18.0. The third-order valence-electron chi connectivity index (χ3n) is 2.49. The molecular formula is C14H14N2O2. The molecule has 2 aromatic rings. The third-order valence-corrected chi connectivity index (χ3v) is 2.49. The highest BCUT2D eigenvalue weighted by molar-refractivity contribution is 5.77. The van der Waals surface area contributed by atoms with E-state index in [1.165, 1.54) is 0 Å². The largest absolute Gasteiger partial charge is 0.389 e. The maximum absolute atomic E-state index is 11.8. The van der Waals surface area contributed by atoms with E-state index < -0.39 is 0 Å². The lowest BCUT2D eigenvalue weighted by molar-refractivity contribution is 0.495. The molecule has 0 bridgehead atoms. The maximum atomic E-state index is 11.8. The minimum atomic E-state index is -0.381. The number of benzene rings is 1. The molecule has 1 heterocycles. The van der Waals surface area contributed by atoms with Gasteiger partial charge in [0.25, 0.3) is 0 Å². The van der Waals surface area contributed by atoms with Crippen molar-refractivity contribution in [1.82, 2.24) is 4.98 Å². The summed E-state index contributed by atoms with van der Waals surface area (Å²) in [7, 11) is 0. The molecule has 1 aromatic carbocycles. The molecule has 0 aliphatic carbocycles. The molecule has 1 aromatic heterocycles. The van der Waals surface area contributed by atoms with Crippen LogP contribution >= 0.6 is 0 Å². The molecule has 92 valence electrons. The molecule has 2 rings (SSSR count). The van der Waals surface area contributed by atoms with Gasteiger partial charge in [0.05, 0.1) is 10.9 Å². The Kier molecular flexibility index (Phi) is 3.57. The van der Waals surface area contributed by atoms with E-state index in [1.807, 2.05) is 6.07 Å². The van der Waals surface area contributed by atoms with Crippen LogP contribution in [0.3, 0.4) is 0 Å². The zero-order chi connectivity index (χ0) is 13.0. The van der Waals surface area contributed by atoms with Gasteiger partial charge in [0, 0.05) is 13.1 Å². The van der Waals surface area contributed by atoms with Crippen LogP contribution in [0.25, 0.3) is 10.9 Å². The van der Waals surface area contributed by atoms with Gasteiger partial charge < -0.3 is 9.32 Å². The Morgan fingerprint density at radius 2 is 1.89 bits per heavy atom. The first-order valence-electron chi connectivity index (χ1n) is 5.63. The highest BCUT2D eigenvalue weighted by Gasteiger charge is 2.11. The number of nitrogens with zero attached hydrogens (tertiary/aromatic N) is 2. The molecule has 0 spiro atoms. The van der Waals surface area contributed by atoms with Crippen LogP contribution in [0.5, 0.6) is 0 Å². The minimum absolute atomic E-state index is 0.290. The van der Waals surface area contributed by atoms with Crippen molar-refractivity contribution in [3.8, 4) is 0 Å². The first-order valence-corrected chi connectivity index (χ1v) is 5.63. The second kappa shape index (κ2) is 5.31. The van der Waals surface area contributed by atoms with E-state index in [1.54, 1.807) is 35.3 Å². The standard InChI is InChI=1S/C14H14N2O2/c1-3-9-16(10-4-2)14-15-12-8-6-5-7-11(12)13(17)18-14/h3-8H,1-2,9-10H2. The van der Waals surface area contributed by atoms with Crippen LogP contribution in [0.2, 0.25) is 0 Å². The fourth-order valence-corrected chi connectivity index (χ4v) is 1.69. The molecule has 0 atom stereocenters. The molecule has 0 amide bonds. The van der Waals surface area contributed by atoms with E-state index in [2.05, 4.69) is 18.1 Å². The number of anilines is 1. The lowest BCUT2D eigenvalue weighted by Crippen LogP contribution is -2.25. The molecule has 0 aliphatic heterocycles. The predicted octanol–water partition coefficient (Wildman–Crippen LogP) is 2.37. The summed E-state index contributed by atoms with van der Waals surface area (Å²) >= 11 is 0. The molecule has 4 nitrogen and oxygen atoms in total. The van der Waals surface area contributed by atoms with Gasteiger partial charge in [-0.2, -0.15) is 4.98 Å². The van der Waals surface area contributed by atoms with Crippen molar-refractivity contribution in [2.24, 2.45) is 0 Å². The second-order valence-electron chi connectivity index (χ2n) is 3.78. The molecule has 0 radical (unpaired) electrons. The number of hydrogen-bond donors (Lipinski definition) is 0. The average Bonchev–Trinajstić information content (AvgIpc) is 2.38. The van der Waals surface area contributed by atoms with Crippen molar-refractivity contribution in [1.29, 1.82) is 0 Å². The Balaban J connectivity index is 2.53. The van der Waals surface area contributed by atoms with Crippen molar-refractivity contribution in [2.75, 3.05) is 18.0 Å². The van der Waals surface area contributed by atoms with Crippen molar-refractivity contribution in [3.05, 3.63) is 60.0 Å². The van der Waals surface area contributed by atoms with E-state index in [0.29, 0.717) is 30.0 Å². The van der Waals surface area contributed by atoms with Gasteiger partial charge in [0.15, 0.2) is 0 Å². The van der Waals surface area contributed by atoms with Crippen LogP contribution in [0.4, 0.5) is 6.01 Å². The normalized spacial score (nSPS) is 10.2. The summed E-state index contributed by atoms with van der Waals surface area (Å²) in [6.45, 7) is 8.42. The van der Waals surface area contributed by atoms with Crippen molar-refractivity contribution >= 4 is 16.9 Å². The molecule has 0 aliphatic rings. The fourth-order valence-electron chi connectivity index (χ4n) is 1.69. The van der Waals surface area contributed by atoms with Crippen LogP contribution < -0.4 is 10.5 Å². The Labute approximate surface area is 105 Å². The van der Waals surface area contributed by atoms with Crippen LogP contribution in [0.15, 0.2) is 58.8 Å². The zero-order valence-corrected chi connectivity index (χ0v) is 10.0. The molecule has 0 saturated heterocycles. The molecule has 4 heteroatoms. The van der Waals surface area contributed by atoms with E-state index in [0.717, 1.165) is 0 Å².